The van der Waals surface area contributed by atoms with Crippen molar-refractivity contribution in [2.45, 2.75) is 32.4 Å². The van der Waals surface area contributed by atoms with Crippen LogP contribution in [0.25, 0.3) is 22.3 Å². The normalized spacial score (nSPS) is 11.8. The summed E-state index contributed by atoms with van der Waals surface area (Å²) >= 11 is 0. The van der Waals surface area contributed by atoms with Crippen LogP contribution in [0.3, 0.4) is 0 Å². The first-order valence-electron chi connectivity index (χ1n) is 8.72. The predicted molar refractivity (Wildman–Crippen MR) is 109 cm³/mol. The van der Waals surface area contributed by atoms with Gasteiger partial charge in [0.2, 0.25) is 0 Å². The van der Waals surface area contributed by atoms with Gasteiger partial charge in [0.05, 0.1) is 7.11 Å². The molecular formula is C19H24BN3O2Si. The first-order valence-corrected chi connectivity index (χ1v) is 12.4. The van der Waals surface area contributed by atoms with Crippen LogP contribution in [-0.4, -0.2) is 44.4 Å². The monoisotopic (exact) mass is 365 g/mol. The van der Waals surface area contributed by atoms with Gasteiger partial charge in [0.1, 0.15) is 26.0 Å². The minimum absolute atomic E-state index is 0.368. The van der Waals surface area contributed by atoms with Crippen molar-refractivity contribution in [1.29, 1.82) is 0 Å². The van der Waals surface area contributed by atoms with E-state index in [1.165, 1.54) is 0 Å². The fourth-order valence-corrected chi connectivity index (χ4v) is 3.49. The van der Waals surface area contributed by atoms with Crippen molar-refractivity contribution in [2.24, 2.45) is 0 Å². The van der Waals surface area contributed by atoms with E-state index in [4.69, 9.17) is 22.4 Å². The van der Waals surface area contributed by atoms with E-state index in [1.54, 1.807) is 18.0 Å². The summed E-state index contributed by atoms with van der Waals surface area (Å²) < 4.78 is 13.2. The lowest BCUT2D eigenvalue weighted by molar-refractivity contribution is 0.0814. The van der Waals surface area contributed by atoms with Crippen LogP contribution in [0.2, 0.25) is 25.7 Å². The van der Waals surface area contributed by atoms with Crippen LogP contribution in [0, 0.1) is 0 Å². The lowest BCUT2D eigenvalue weighted by atomic mass is 9.96. The molecule has 0 bridgehead atoms. The Bertz CT molecular complexity index is 905. The third kappa shape index (κ3) is 4.16. The molecule has 3 aromatic rings. The van der Waals surface area contributed by atoms with E-state index in [0.29, 0.717) is 12.2 Å². The number of fused-ring (bicyclic) bond motifs is 1. The standard InChI is InChI=1S/C19H24BN3O2Si/c1-24-17-8-6-5-7-15(17)18-16-11-14(20)12-21-19(16)23(22-18)13-25-9-10-26(2,3)4/h5-8,11-12H,9-10,13H2,1-4H3. The van der Waals surface area contributed by atoms with Gasteiger partial charge in [0.25, 0.3) is 0 Å². The van der Waals surface area contributed by atoms with E-state index in [9.17, 15) is 0 Å². The van der Waals surface area contributed by atoms with E-state index in [-0.39, 0.29) is 0 Å². The van der Waals surface area contributed by atoms with Crippen LogP contribution in [0.1, 0.15) is 0 Å². The highest BCUT2D eigenvalue weighted by atomic mass is 28.3. The average molecular weight is 365 g/mol. The molecule has 0 saturated carbocycles. The van der Waals surface area contributed by atoms with Gasteiger partial charge < -0.3 is 9.47 Å². The Morgan fingerprint density at radius 2 is 1.96 bits per heavy atom. The number of nitrogens with zero attached hydrogens (tertiary/aromatic N) is 3. The molecule has 0 N–H and O–H groups in total. The first kappa shape index (κ1) is 18.7. The second-order valence-corrected chi connectivity index (χ2v) is 13.2. The molecule has 0 amide bonds. The van der Waals surface area contributed by atoms with Gasteiger partial charge in [0, 0.05) is 31.8 Å². The molecule has 3 rings (SSSR count). The van der Waals surface area contributed by atoms with Gasteiger partial charge in [-0.25, -0.2) is 9.67 Å². The minimum Gasteiger partial charge on any atom is -0.496 e. The Hall–Kier alpha value is -2.12. The number of hydrogen-bond donors (Lipinski definition) is 0. The van der Waals surface area contributed by atoms with Gasteiger partial charge in [-0.1, -0.05) is 43.3 Å². The van der Waals surface area contributed by atoms with Gasteiger partial charge in [-0.2, -0.15) is 5.10 Å². The summed E-state index contributed by atoms with van der Waals surface area (Å²) in [5, 5.41) is 5.64. The number of methoxy groups -OCH3 is 1. The topological polar surface area (TPSA) is 49.2 Å². The van der Waals surface area contributed by atoms with Gasteiger partial charge in [-0.15, -0.1) is 0 Å². The molecule has 0 aliphatic rings. The zero-order valence-corrected chi connectivity index (χ0v) is 16.8. The number of para-hydroxylation sites is 1. The number of pyridine rings is 1. The first-order chi connectivity index (χ1) is 12.4. The SMILES string of the molecule is [B]c1cnc2c(c1)c(-c1ccccc1OC)nn2COCC[Si](C)(C)C. The van der Waals surface area contributed by atoms with Crippen molar-refractivity contribution in [2.75, 3.05) is 13.7 Å². The molecule has 134 valence electrons. The van der Waals surface area contributed by atoms with Crippen molar-refractivity contribution in [3.63, 3.8) is 0 Å². The molecule has 2 aromatic heterocycles. The van der Waals surface area contributed by atoms with Crippen molar-refractivity contribution < 1.29 is 9.47 Å². The maximum atomic E-state index is 5.96. The number of benzene rings is 1. The minimum atomic E-state index is -1.12. The molecule has 1 aromatic carbocycles. The van der Waals surface area contributed by atoms with Gasteiger partial charge in [0.15, 0.2) is 5.65 Å². The van der Waals surface area contributed by atoms with Crippen molar-refractivity contribution >= 4 is 32.4 Å². The summed E-state index contributed by atoms with van der Waals surface area (Å²) in [7, 11) is 6.50. The molecule has 0 aliphatic heterocycles. The molecule has 7 heteroatoms. The number of hydrogen-bond acceptors (Lipinski definition) is 4. The molecule has 5 nitrogen and oxygen atoms in total. The van der Waals surface area contributed by atoms with Crippen LogP contribution in [0.5, 0.6) is 5.75 Å². The Morgan fingerprint density at radius 1 is 1.19 bits per heavy atom. The third-order valence-corrected chi connectivity index (χ3v) is 5.88. The molecule has 0 aliphatic carbocycles. The highest BCUT2D eigenvalue weighted by molar-refractivity contribution is 6.76. The Labute approximate surface area is 156 Å². The zero-order chi connectivity index (χ0) is 18.7. The van der Waals surface area contributed by atoms with Gasteiger partial charge in [-0.05, 0) is 18.2 Å². The van der Waals surface area contributed by atoms with E-state index in [0.717, 1.165) is 40.7 Å². The van der Waals surface area contributed by atoms with E-state index in [1.807, 2.05) is 30.3 Å². The van der Waals surface area contributed by atoms with Gasteiger partial charge >= 0.3 is 0 Å². The summed E-state index contributed by atoms with van der Waals surface area (Å²) in [5.74, 6) is 0.765. The van der Waals surface area contributed by atoms with Crippen molar-refractivity contribution in [3.05, 3.63) is 36.5 Å². The van der Waals surface area contributed by atoms with Crippen LogP contribution in [0.4, 0.5) is 0 Å². The fourth-order valence-electron chi connectivity index (χ4n) is 2.73. The second kappa shape index (κ2) is 7.63. The van der Waals surface area contributed by atoms with Crippen molar-refractivity contribution in [1.82, 2.24) is 14.8 Å². The lowest BCUT2D eigenvalue weighted by Gasteiger charge is -2.15. The molecule has 0 fully saturated rings. The quantitative estimate of drug-likeness (QED) is 0.477. The maximum Gasteiger partial charge on any atom is 0.160 e. The predicted octanol–water partition coefficient (Wildman–Crippen LogP) is 3.21. The van der Waals surface area contributed by atoms with E-state index in [2.05, 4.69) is 24.6 Å². The summed E-state index contributed by atoms with van der Waals surface area (Å²) in [6.45, 7) is 8.11. The molecule has 2 heterocycles. The largest absolute Gasteiger partial charge is 0.496 e. The number of ether oxygens (including phenoxy) is 2. The average Bonchev–Trinajstić information content (AvgIpc) is 2.95. The van der Waals surface area contributed by atoms with Crippen LogP contribution < -0.4 is 10.2 Å². The summed E-state index contributed by atoms with van der Waals surface area (Å²) in [4.78, 5) is 4.47. The Morgan fingerprint density at radius 3 is 2.69 bits per heavy atom. The van der Waals surface area contributed by atoms with E-state index < -0.39 is 8.07 Å². The molecule has 2 radical (unpaired) electrons. The summed E-state index contributed by atoms with van der Waals surface area (Å²) in [6.07, 6.45) is 1.65. The smallest absolute Gasteiger partial charge is 0.160 e. The van der Waals surface area contributed by atoms with Crippen LogP contribution >= 0.6 is 0 Å². The van der Waals surface area contributed by atoms with Gasteiger partial charge in [-0.3, -0.25) is 0 Å². The van der Waals surface area contributed by atoms with Crippen molar-refractivity contribution in [3.8, 4) is 17.0 Å². The lowest BCUT2D eigenvalue weighted by Crippen LogP contribution is -2.22. The molecule has 26 heavy (non-hydrogen) atoms. The van der Waals surface area contributed by atoms with Crippen LogP contribution in [0.15, 0.2) is 36.5 Å². The molecular weight excluding hydrogens is 341 g/mol. The molecule has 0 saturated heterocycles. The highest BCUT2D eigenvalue weighted by Crippen LogP contribution is 2.33. The molecule has 0 unspecified atom stereocenters. The zero-order valence-electron chi connectivity index (χ0n) is 15.8. The summed E-state index contributed by atoms with van der Waals surface area (Å²) in [5.41, 5.74) is 3.07. The maximum absolute atomic E-state index is 5.96. The molecule has 0 spiro atoms. The fraction of sp³-hybridized carbons (Fsp3) is 0.368. The molecule has 0 atom stereocenters. The Kier molecular flexibility index (Phi) is 5.48. The summed E-state index contributed by atoms with van der Waals surface area (Å²) in [6, 6.07) is 10.8. The number of aromatic nitrogens is 3. The second-order valence-electron chi connectivity index (χ2n) is 7.54. The third-order valence-electron chi connectivity index (χ3n) is 4.18. The Balaban J connectivity index is 1.96. The van der Waals surface area contributed by atoms with E-state index >= 15 is 0 Å². The number of rotatable bonds is 7. The highest BCUT2D eigenvalue weighted by Gasteiger charge is 2.17. The van der Waals surface area contributed by atoms with Crippen LogP contribution in [-0.2, 0) is 11.5 Å².